The zero-order chi connectivity index (χ0) is 11.9. The summed E-state index contributed by atoms with van der Waals surface area (Å²) in [6.07, 6.45) is 7.98. The summed E-state index contributed by atoms with van der Waals surface area (Å²) in [4.78, 5) is 12.6. The Morgan fingerprint density at radius 3 is 2.71 bits per heavy atom. The van der Waals surface area contributed by atoms with E-state index in [-0.39, 0.29) is 5.41 Å². The second-order valence-electron chi connectivity index (χ2n) is 5.47. The fourth-order valence-corrected chi connectivity index (χ4v) is 3.25. The van der Waals surface area contributed by atoms with Crippen molar-refractivity contribution in [2.75, 3.05) is 0 Å². The van der Waals surface area contributed by atoms with Crippen LogP contribution < -0.4 is 0 Å². The second kappa shape index (κ2) is 3.83. The minimum atomic E-state index is -0.246. The van der Waals surface area contributed by atoms with Gasteiger partial charge in [0.15, 0.2) is 5.78 Å². The summed E-state index contributed by atoms with van der Waals surface area (Å²) in [5.74, 6) is 0.334. The maximum atomic E-state index is 12.6. The van der Waals surface area contributed by atoms with Gasteiger partial charge in [-0.3, -0.25) is 4.79 Å². The topological polar surface area (TPSA) is 17.1 Å². The van der Waals surface area contributed by atoms with Crippen LogP contribution in [0.1, 0.15) is 48.5 Å². The molecule has 2 aliphatic rings. The number of ketones is 1. The van der Waals surface area contributed by atoms with E-state index in [1.54, 1.807) is 0 Å². The number of rotatable bonds is 1. The predicted molar refractivity (Wildman–Crippen MR) is 69.1 cm³/mol. The maximum absolute atomic E-state index is 12.6. The van der Waals surface area contributed by atoms with Gasteiger partial charge in [0.05, 0.1) is 5.41 Å². The van der Waals surface area contributed by atoms with Crippen LogP contribution in [0.2, 0.25) is 0 Å². The monoisotopic (exact) mass is 226 g/mol. The van der Waals surface area contributed by atoms with Crippen molar-refractivity contribution in [1.82, 2.24) is 0 Å². The summed E-state index contributed by atoms with van der Waals surface area (Å²) in [5.41, 5.74) is 3.31. The van der Waals surface area contributed by atoms with Gasteiger partial charge >= 0.3 is 0 Å². The Labute approximate surface area is 103 Å². The van der Waals surface area contributed by atoms with Crippen LogP contribution in [-0.4, -0.2) is 5.78 Å². The van der Waals surface area contributed by atoms with E-state index in [1.165, 1.54) is 24.0 Å². The standard InChI is InChI=1S/C16H18O/c1-16(13-8-3-2-4-9-13)11-12-7-5-6-10-14(12)15(16)17/h5-8,10H,2-4,9,11H2,1H3. The van der Waals surface area contributed by atoms with Crippen LogP contribution in [0, 0.1) is 5.41 Å². The van der Waals surface area contributed by atoms with Crippen molar-refractivity contribution < 1.29 is 4.79 Å². The molecule has 0 N–H and O–H groups in total. The van der Waals surface area contributed by atoms with Crippen LogP contribution in [0.5, 0.6) is 0 Å². The Hall–Kier alpha value is -1.37. The highest BCUT2D eigenvalue weighted by Gasteiger charge is 2.43. The molecule has 0 amide bonds. The number of Topliss-reactive ketones (excluding diaryl/α,β-unsaturated/α-hetero) is 1. The Morgan fingerprint density at radius 1 is 1.18 bits per heavy atom. The second-order valence-corrected chi connectivity index (χ2v) is 5.47. The van der Waals surface area contributed by atoms with E-state index in [0.717, 1.165) is 24.8 Å². The summed E-state index contributed by atoms with van der Waals surface area (Å²) in [5, 5.41) is 0. The van der Waals surface area contributed by atoms with Gasteiger partial charge in [-0.2, -0.15) is 0 Å². The van der Waals surface area contributed by atoms with Crippen molar-refractivity contribution >= 4 is 5.78 Å². The molecule has 0 saturated carbocycles. The first-order chi connectivity index (χ1) is 8.22. The molecule has 0 radical (unpaired) electrons. The lowest BCUT2D eigenvalue weighted by Gasteiger charge is -2.28. The third-order valence-electron chi connectivity index (χ3n) is 4.31. The molecule has 88 valence electrons. The number of benzene rings is 1. The van der Waals surface area contributed by atoms with Crippen molar-refractivity contribution in [2.45, 2.75) is 39.0 Å². The van der Waals surface area contributed by atoms with Crippen molar-refractivity contribution in [1.29, 1.82) is 0 Å². The molecule has 0 saturated heterocycles. The Balaban J connectivity index is 2.02. The third-order valence-corrected chi connectivity index (χ3v) is 4.31. The summed E-state index contributed by atoms with van der Waals surface area (Å²) in [6.45, 7) is 2.13. The van der Waals surface area contributed by atoms with Gasteiger partial charge in [0.2, 0.25) is 0 Å². The van der Waals surface area contributed by atoms with Gasteiger partial charge in [0.25, 0.3) is 0 Å². The molecule has 0 aromatic heterocycles. The summed E-state index contributed by atoms with van der Waals surface area (Å²) >= 11 is 0. The molecule has 1 aromatic carbocycles. The van der Waals surface area contributed by atoms with Crippen molar-refractivity contribution in [2.24, 2.45) is 5.41 Å². The highest BCUT2D eigenvalue weighted by atomic mass is 16.1. The lowest BCUT2D eigenvalue weighted by Crippen LogP contribution is -2.27. The van der Waals surface area contributed by atoms with E-state index in [0.29, 0.717) is 5.78 Å². The average Bonchev–Trinajstić information content (AvgIpc) is 2.65. The molecule has 0 heterocycles. The number of hydrogen-bond acceptors (Lipinski definition) is 1. The smallest absolute Gasteiger partial charge is 0.173 e. The Bertz CT molecular complexity index is 498. The molecule has 0 bridgehead atoms. The van der Waals surface area contributed by atoms with Crippen molar-refractivity contribution in [3.63, 3.8) is 0 Å². The first-order valence-corrected chi connectivity index (χ1v) is 6.54. The van der Waals surface area contributed by atoms with Gasteiger partial charge in [-0.1, -0.05) is 35.9 Å². The molecule has 1 nitrogen and oxygen atoms in total. The molecule has 0 fully saturated rings. The summed E-state index contributed by atoms with van der Waals surface area (Å²) < 4.78 is 0. The lowest BCUT2D eigenvalue weighted by atomic mass is 9.74. The number of allylic oxidation sites excluding steroid dienone is 2. The Morgan fingerprint density at radius 2 is 2.00 bits per heavy atom. The fourth-order valence-electron chi connectivity index (χ4n) is 3.25. The maximum Gasteiger partial charge on any atom is 0.173 e. The van der Waals surface area contributed by atoms with Gasteiger partial charge in [0.1, 0.15) is 0 Å². The average molecular weight is 226 g/mol. The largest absolute Gasteiger partial charge is 0.293 e. The predicted octanol–water partition coefficient (Wildman–Crippen LogP) is 3.93. The number of hydrogen-bond donors (Lipinski definition) is 0. The van der Waals surface area contributed by atoms with Gasteiger partial charge in [-0.25, -0.2) is 0 Å². The lowest BCUT2D eigenvalue weighted by molar-refractivity contribution is 0.0876. The number of carbonyl (C=O) groups excluding carboxylic acids is 1. The minimum Gasteiger partial charge on any atom is -0.293 e. The zero-order valence-electron chi connectivity index (χ0n) is 10.3. The van der Waals surface area contributed by atoms with E-state index in [9.17, 15) is 4.79 Å². The normalized spacial score (nSPS) is 27.8. The molecule has 2 aliphatic carbocycles. The summed E-state index contributed by atoms with van der Waals surface area (Å²) in [6, 6.07) is 8.08. The molecule has 1 unspecified atom stereocenters. The highest BCUT2D eigenvalue weighted by Crippen LogP contribution is 2.45. The van der Waals surface area contributed by atoms with Crippen molar-refractivity contribution in [3.8, 4) is 0 Å². The van der Waals surface area contributed by atoms with E-state index < -0.39 is 0 Å². The van der Waals surface area contributed by atoms with Crippen LogP contribution in [0.4, 0.5) is 0 Å². The van der Waals surface area contributed by atoms with E-state index >= 15 is 0 Å². The molecule has 17 heavy (non-hydrogen) atoms. The van der Waals surface area contributed by atoms with Crippen LogP contribution >= 0.6 is 0 Å². The SMILES string of the molecule is CC1(C2=CCCCC2)Cc2ccccc2C1=O. The van der Waals surface area contributed by atoms with Crippen LogP contribution in [-0.2, 0) is 6.42 Å². The third kappa shape index (κ3) is 1.56. The summed E-state index contributed by atoms with van der Waals surface area (Å²) in [7, 11) is 0. The van der Waals surface area contributed by atoms with Crippen molar-refractivity contribution in [3.05, 3.63) is 47.0 Å². The molecule has 1 aromatic rings. The molecule has 3 rings (SSSR count). The van der Waals surface area contributed by atoms with Gasteiger partial charge in [0, 0.05) is 5.56 Å². The van der Waals surface area contributed by atoms with Crippen LogP contribution in [0.25, 0.3) is 0 Å². The van der Waals surface area contributed by atoms with E-state index in [4.69, 9.17) is 0 Å². The molecule has 0 spiro atoms. The van der Waals surface area contributed by atoms with E-state index in [1.807, 2.05) is 18.2 Å². The fraction of sp³-hybridized carbons (Fsp3) is 0.438. The molecular formula is C16H18O. The quantitative estimate of drug-likeness (QED) is 0.663. The van der Waals surface area contributed by atoms with Gasteiger partial charge in [-0.15, -0.1) is 0 Å². The zero-order valence-corrected chi connectivity index (χ0v) is 10.3. The van der Waals surface area contributed by atoms with Gasteiger partial charge in [-0.05, 0) is 44.6 Å². The Kier molecular flexibility index (Phi) is 2.43. The number of carbonyl (C=O) groups is 1. The number of fused-ring (bicyclic) bond motifs is 1. The van der Waals surface area contributed by atoms with Gasteiger partial charge < -0.3 is 0 Å². The van der Waals surface area contributed by atoms with Crippen LogP contribution in [0.15, 0.2) is 35.9 Å². The first kappa shape index (κ1) is 10.8. The molecular weight excluding hydrogens is 208 g/mol. The van der Waals surface area contributed by atoms with E-state index in [2.05, 4.69) is 19.1 Å². The highest BCUT2D eigenvalue weighted by molar-refractivity contribution is 6.06. The molecule has 1 heteroatoms. The minimum absolute atomic E-state index is 0.246. The molecule has 1 atom stereocenters. The van der Waals surface area contributed by atoms with Crippen LogP contribution in [0.3, 0.4) is 0 Å². The molecule has 0 aliphatic heterocycles. The first-order valence-electron chi connectivity index (χ1n) is 6.54.